The molecule has 1 aliphatic rings. The first-order valence-electron chi connectivity index (χ1n) is 7.25. The summed E-state index contributed by atoms with van der Waals surface area (Å²) >= 11 is 0. The molecule has 1 atom stereocenters. The highest BCUT2D eigenvalue weighted by Gasteiger charge is 2.42. The molecule has 134 valence electrons. The lowest BCUT2D eigenvalue weighted by Gasteiger charge is -2.30. The van der Waals surface area contributed by atoms with Crippen molar-refractivity contribution in [3.05, 3.63) is 57.9 Å². The molecular formula is C17H16F3NO4. The van der Waals surface area contributed by atoms with E-state index in [0.717, 1.165) is 13.2 Å². The highest BCUT2D eigenvalue weighted by Crippen LogP contribution is 2.43. The van der Waals surface area contributed by atoms with E-state index in [1.807, 2.05) is 0 Å². The third-order valence-corrected chi connectivity index (χ3v) is 3.97. The number of ether oxygens (including phenoxy) is 1. The minimum atomic E-state index is -4.70. The maximum absolute atomic E-state index is 13.4. The van der Waals surface area contributed by atoms with Crippen molar-refractivity contribution in [1.82, 2.24) is 5.32 Å². The van der Waals surface area contributed by atoms with E-state index in [4.69, 9.17) is 0 Å². The Hall–Kier alpha value is -2.77. The number of esters is 1. The lowest BCUT2D eigenvalue weighted by atomic mass is 9.78. The second-order valence-electron chi connectivity index (χ2n) is 5.52. The van der Waals surface area contributed by atoms with E-state index in [1.54, 1.807) is 0 Å². The summed E-state index contributed by atoms with van der Waals surface area (Å²) in [6.07, 6.45) is -4.70. The van der Waals surface area contributed by atoms with Crippen molar-refractivity contribution in [2.24, 2.45) is 0 Å². The van der Waals surface area contributed by atoms with E-state index in [-0.39, 0.29) is 28.1 Å². The van der Waals surface area contributed by atoms with Crippen LogP contribution >= 0.6 is 0 Å². The molecule has 0 fully saturated rings. The number of carboxylic acid groups (broad SMARTS) is 1. The largest absolute Gasteiger partial charge is 0.478 e. The van der Waals surface area contributed by atoms with E-state index < -0.39 is 29.6 Å². The molecule has 0 aliphatic carbocycles. The van der Waals surface area contributed by atoms with Crippen molar-refractivity contribution in [2.45, 2.75) is 25.9 Å². The SMILES string of the molecule is COC(=O)C1=C(C)NC(C)=C(C(=O)O)[C@H]1c1ccccc1C(F)(F)F. The molecule has 0 unspecified atom stereocenters. The number of carbonyl (C=O) groups is 2. The lowest BCUT2D eigenvalue weighted by Crippen LogP contribution is -2.32. The van der Waals surface area contributed by atoms with Crippen molar-refractivity contribution in [3.8, 4) is 0 Å². The quantitative estimate of drug-likeness (QED) is 0.815. The van der Waals surface area contributed by atoms with Crippen LogP contribution in [0.5, 0.6) is 0 Å². The Labute approximate surface area is 141 Å². The van der Waals surface area contributed by atoms with Crippen molar-refractivity contribution < 1.29 is 32.6 Å². The smallest absolute Gasteiger partial charge is 0.416 e. The predicted octanol–water partition coefficient (Wildman–Crippen LogP) is 3.20. The molecule has 2 N–H and O–H groups in total. The van der Waals surface area contributed by atoms with E-state index in [9.17, 15) is 27.9 Å². The first-order valence-corrected chi connectivity index (χ1v) is 7.25. The van der Waals surface area contributed by atoms with Crippen molar-refractivity contribution in [1.29, 1.82) is 0 Å². The Bertz CT molecular complexity index is 793. The normalized spacial score (nSPS) is 18.1. The molecule has 1 aromatic carbocycles. The van der Waals surface area contributed by atoms with Gasteiger partial charge in [-0.25, -0.2) is 9.59 Å². The molecule has 1 heterocycles. The van der Waals surface area contributed by atoms with Gasteiger partial charge < -0.3 is 15.2 Å². The van der Waals surface area contributed by atoms with E-state index >= 15 is 0 Å². The number of carbonyl (C=O) groups excluding carboxylic acids is 1. The van der Waals surface area contributed by atoms with E-state index in [0.29, 0.717) is 0 Å². The molecule has 0 bridgehead atoms. The summed E-state index contributed by atoms with van der Waals surface area (Å²) < 4.78 is 44.9. The van der Waals surface area contributed by atoms with Crippen molar-refractivity contribution in [3.63, 3.8) is 0 Å². The van der Waals surface area contributed by atoms with Crippen LogP contribution in [0.4, 0.5) is 13.2 Å². The molecule has 0 spiro atoms. The minimum Gasteiger partial charge on any atom is -0.478 e. The zero-order valence-corrected chi connectivity index (χ0v) is 13.7. The number of nitrogens with one attached hydrogen (secondary N) is 1. The van der Waals surface area contributed by atoms with Crippen LogP contribution in [0.2, 0.25) is 0 Å². The van der Waals surface area contributed by atoms with Gasteiger partial charge >= 0.3 is 18.1 Å². The molecule has 2 rings (SSSR count). The van der Waals surface area contributed by atoms with Gasteiger partial charge in [0.1, 0.15) is 0 Å². The van der Waals surface area contributed by atoms with E-state index in [1.165, 1.54) is 32.0 Å². The lowest BCUT2D eigenvalue weighted by molar-refractivity contribution is -0.140. The summed E-state index contributed by atoms with van der Waals surface area (Å²) in [4.78, 5) is 23.9. The van der Waals surface area contributed by atoms with Crippen LogP contribution in [0.3, 0.4) is 0 Å². The molecule has 0 amide bonds. The third-order valence-electron chi connectivity index (χ3n) is 3.97. The second-order valence-corrected chi connectivity index (χ2v) is 5.52. The fourth-order valence-electron chi connectivity index (χ4n) is 2.98. The Morgan fingerprint density at radius 2 is 1.68 bits per heavy atom. The summed E-state index contributed by atoms with van der Waals surface area (Å²) in [6.45, 7) is 2.92. The number of halogens is 3. The zero-order chi connectivity index (χ0) is 18.9. The number of benzene rings is 1. The monoisotopic (exact) mass is 355 g/mol. The second kappa shape index (κ2) is 6.62. The fourth-order valence-corrected chi connectivity index (χ4v) is 2.98. The molecule has 1 aromatic rings. The van der Waals surface area contributed by atoms with Gasteiger partial charge in [0.15, 0.2) is 0 Å². The minimum absolute atomic E-state index is 0.165. The summed E-state index contributed by atoms with van der Waals surface area (Å²) in [7, 11) is 1.08. The predicted molar refractivity (Wildman–Crippen MR) is 82.4 cm³/mol. The molecule has 0 aromatic heterocycles. The molecule has 0 saturated heterocycles. The first-order chi connectivity index (χ1) is 11.6. The third kappa shape index (κ3) is 3.38. The average Bonchev–Trinajstić information content (AvgIpc) is 2.52. The fraction of sp³-hybridized carbons (Fsp3) is 0.294. The molecule has 0 saturated carbocycles. The maximum Gasteiger partial charge on any atom is 0.416 e. The van der Waals surface area contributed by atoms with Crippen LogP contribution in [0.15, 0.2) is 46.8 Å². The van der Waals surface area contributed by atoms with Gasteiger partial charge in [-0.15, -0.1) is 0 Å². The number of carboxylic acids is 1. The summed E-state index contributed by atoms with van der Waals surface area (Å²) in [5.41, 5.74) is -1.39. The molecule has 5 nitrogen and oxygen atoms in total. The van der Waals surface area contributed by atoms with Crippen LogP contribution in [0, 0.1) is 0 Å². The Balaban J connectivity index is 2.82. The number of dihydropyridines is 1. The van der Waals surface area contributed by atoms with Crippen LogP contribution in [-0.2, 0) is 20.5 Å². The standard InChI is InChI=1S/C17H16F3NO4/c1-8-12(15(22)23)14(13(9(2)21-8)16(24)25-3)10-6-4-5-7-11(10)17(18,19)20/h4-7,14,21H,1-3H3,(H,22,23)/t14-/m1/s1. The van der Waals surface area contributed by atoms with Gasteiger partial charge in [0, 0.05) is 11.4 Å². The van der Waals surface area contributed by atoms with Gasteiger partial charge in [-0.2, -0.15) is 13.2 Å². The number of hydrogen-bond donors (Lipinski definition) is 2. The van der Waals surface area contributed by atoms with Crippen LogP contribution < -0.4 is 5.32 Å². The zero-order valence-electron chi connectivity index (χ0n) is 13.7. The Morgan fingerprint density at radius 1 is 1.12 bits per heavy atom. The number of aliphatic carboxylic acids is 1. The number of methoxy groups -OCH3 is 1. The van der Waals surface area contributed by atoms with Crippen LogP contribution in [-0.4, -0.2) is 24.2 Å². The summed E-state index contributed by atoms with van der Waals surface area (Å²) in [5.74, 6) is -3.71. The van der Waals surface area contributed by atoms with Crippen LogP contribution in [0.1, 0.15) is 30.9 Å². The molecule has 1 aliphatic heterocycles. The summed E-state index contributed by atoms with van der Waals surface area (Å²) in [6, 6.07) is 4.60. The van der Waals surface area contributed by atoms with Gasteiger partial charge in [-0.3, -0.25) is 0 Å². The average molecular weight is 355 g/mol. The van der Waals surface area contributed by atoms with Gasteiger partial charge in [-0.1, -0.05) is 18.2 Å². The molecule has 0 radical (unpaired) electrons. The van der Waals surface area contributed by atoms with Gasteiger partial charge in [0.2, 0.25) is 0 Å². The van der Waals surface area contributed by atoms with Gasteiger partial charge in [-0.05, 0) is 25.5 Å². The number of rotatable bonds is 3. The Morgan fingerprint density at radius 3 is 2.20 bits per heavy atom. The molecular weight excluding hydrogens is 339 g/mol. The van der Waals surface area contributed by atoms with E-state index in [2.05, 4.69) is 10.1 Å². The summed E-state index contributed by atoms with van der Waals surface area (Å²) in [5, 5.41) is 12.3. The van der Waals surface area contributed by atoms with Gasteiger partial charge in [0.05, 0.1) is 29.7 Å². The number of alkyl halides is 3. The highest BCUT2D eigenvalue weighted by molar-refractivity contribution is 5.99. The van der Waals surface area contributed by atoms with Crippen LogP contribution in [0.25, 0.3) is 0 Å². The maximum atomic E-state index is 13.4. The number of allylic oxidation sites excluding steroid dienone is 2. The van der Waals surface area contributed by atoms with Gasteiger partial charge in [0.25, 0.3) is 0 Å². The molecule has 25 heavy (non-hydrogen) atoms. The molecule has 8 heteroatoms. The van der Waals surface area contributed by atoms with Crippen molar-refractivity contribution in [2.75, 3.05) is 7.11 Å². The topological polar surface area (TPSA) is 75.6 Å². The van der Waals surface area contributed by atoms with Crippen molar-refractivity contribution >= 4 is 11.9 Å². The highest BCUT2D eigenvalue weighted by atomic mass is 19.4. The Kier molecular flexibility index (Phi) is 4.92. The first kappa shape index (κ1) is 18.6. The number of hydrogen-bond acceptors (Lipinski definition) is 4.